The quantitative estimate of drug-likeness (QED) is 0.552. The molecule has 0 bridgehead atoms. The minimum atomic E-state index is -0.440. The average molecular weight is 392 g/mol. The fourth-order valence-electron chi connectivity index (χ4n) is 3.13. The van der Waals surface area contributed by atoms with Crippen LogP contribution in [-0.4, -0.2) is 16.2 Å². The third-order valence-electron chi connectivity index (χ3n) is 4.46. The summed E-state index contributed by atoms with van der Waals surface area (Å²) in [5, 5.41) is 1.21. The van der Waals surface area contributed by atoms with Gasteiger partial charge < -0.3 is 10.5 Å². The molecule has 0 aliphatic rings. The zero-order valence-electron chi connectivity index (χ0n) is 15.0. The maximum atomic E-state index is 12.6. The molecule has 6 heteroatoms. The highest BCUT2D eigenvalue weighted by molar-refractivity contribution is 6.31. The van der Waals surface area contributed by atoms with E-state index in [-0.39, 0.29) is 5.82 Å². The molecule has 140 valence electrons. The normalized spacial score (nSPS) is 10.9. The van der Waals surface area contributed by atoms with Crippen LogP contribution in [0.3, 0.4) is 0 Å². The minimum Gasteiger partial charge on any atom is -0.493 e. The number of benzene rings is 3. The highest BCUT2D eigenvalue weighted by atomic mass is 35.5. The summed E-state index contributed by atoms with van der Waals surface area (Å²) in [6.45, 7) is 0.537. The molecule has 0 amide bonds. The first-order valence-electron chi connectivity index (χ1n) is 8.87. The molecule has 0 saturated carbocycles. The van der Waals surface area contributed by atoms with Crippen molar-refractivity contribution < 1.29 is 4.74 Å². The monoisotopic (exact) mass is 391 g/mol. The molecule has 0 radical (unpaired) electrons. The van der Waals surface area contributed by atoms with Gasteiger partial charge in [0, 0.05) is 16.8 Å². The van der Waals surface area contributed by atoms with E-state index in [0.29, 0.717) is 34.6 Å². The number of aromatic nitrogens is 2. The summed E-state index contributed by atoms with van der Waals surface area (Å²) in [4.78, 5) is 16.5. The maximum absolute atomic E-state index is 12.6. The summed E-state index contributed by atoms with van der Waals surface area (Å²) in [6, 6.07) is 22.6. The second kappa shape index (κ2) is 7.74. The highest BCUT2D eigenvalue weighted by Crippen LogP contribution is 2.24. The van der Waals surface area contributed by atoms with Crippen LogP contribution >= 0.6 is 11.6 Å². The number of nitrogen functional groups attached to an aromatic ring is 1. The molecule has 0 saturated heterocycles. The van der Waals surface area contributed by atoms with Crippen molar-refractivity contribution in [3.8, 4) is 11.4 Å². The van der Waals surface area contributed by atoms with E-state index in [9.17, 15) is 4.79 Å². The zero-order chi connectivity index (χ0) is 19.5. The first kappa shape index (κ1) is 18.1. The highest BCUT2D eigenvalue weighted by Gasteiger charge is 2.11. The van der Waals surface area contributed by atoms with Gasteiger partial charge in [0.05, 0.1) is 17.8 Å². The van der Waals surface area contributed by atoms with Crippen LogP contribution in [0.1, 0.15) is 5.56 Å². The number of hydrogen-bond donors (Lipinski definition) is 1. The van der Waals surface area contributed by atoms with E-state index in [2.05, 4.69) is 4.98 Å². The molecule has 0 aliphatic heterocycles. The second-order valence-electron chi connectivity index (χ2n) is 6.36. The maximum Gasteiger partial charge on any atom is 0.354 e. The fourth-order valence-corrected chi connectivity index (χ4v) is 3.29. The summed E-state index contributed by atoms with van der Waals surface area (Å²) in [5.74, 6) is 1.03. The summed E-state index contributed by atoms with van der Waals surface area (Å²) in [7, 11) is 0. The van der Waals surface area contributed by atoms with Gasteiger partial charge in [0.15, 0.2) is 0 Å². The standard InChI is InChI=1S/C22H18ClN3O2/c23-16-9-10-19-20(14-16)26(22(27)25-21(19)24)17-6-4-5-15(13-17)11-12-28-18-7-2-1-3-8-18/h1-10,13-14H,11-12H2,(H2,24,25,27). The van der Waals surface area contributed by atoms with E-state index in [1.165, 1.54) is 4.57 Å². The summed E-state index contributed by atoms with van der Waals surface area (Å²) in [6.07, 6.45) is 0.707. The van der Waals surface area contributed by atoms with E-state index in [1.807, 2.05) is 54.6 Å². The van der Waals surface area contributed by atoms with Gasteiger partial charge in [0.25, 0.3) is 0 Å². The molecule has 0 unspecified atom stereocenters. The number of nitrogens with zero attached hydrogens (tertiary/aromatic N) is 2. The van der Waals surface area contributed by atoms with Crippen LogP contribution in [0.5, 0.6) is 5.75 Å². The lowest BCUT2D eigenvalue weighted by Gasteiger charge is -2.13. The Labute approximate surface area is 167 Å². The number of nitrogens with two attached hydrogens (primary N) is 1. The average Bonchev–Trinajstić information content (AvgIpc) is 2.69. The molecular formula is C22H18ClN3O2. The topological polar surface area (TPSA) is 70.1 Å². The van der Waals surface area contributed by atoms with Gasteiger partial charge in [-0.05, 0) is 48.0 Å². The molecule has 28 heavy (non-hydrogen) atoms. The Morgan fingerprint density at radius 1 is 1.00 bits per heavy atom. The van der Waals surface area contributed by atoms with Crippen LogP contribution in [0.25, 0.3) is 16.6 Å². The number of para-hydroxylation sites is 1. The van der Waals surface area contributed by atoms with Gasteiger partial charge in [-0.1, -0.05) is 41.9 Å². The van der Waals surface area contributed by atoms with Crippen molar-refractivity contribution in [2.24, 2.45) is 0 Å². The lowest BCUT2D eigenvalue weighted by Crippen LogP contribution is -2.23. The van der Waals surface area contributed by atoms with Crippen LogP contribution in [0.4, 0.5) is 5.82 Å². The Morgan fingerprint density at radius 3 is 2.64 bits per heavy atom. The Hall–Kier alpha value is -3.31. The number of hydrogen-bond acceptors (Lipinski definition) is 4. The Kier molecular flexibility index (Phi) is 5.00. The lowest BCUT2D eigenvalue weighted by atomic mass is 10.1. The van der Waals surface area contributed by atoms with Crippen LogP contribution in [0, 0.1) is 0 Å². The van der Waals surface area contributed by atoms with Gasteiger partial charge in [-0.3, -0.25) is 4.57 Å². The predicted molar refractivity (Wildman–Crippen MR) is 112 cm³/mol. The van der Waals surface area contributed by atoms with Crippen LogP contribution in [0.2, 0.25) is 5.02 Å². The van der Waals surface area contributed by atoms with Crippen molar-refractivity contribution in [1.82, 2.24) is 9.55 Å². The first-order valence-corrected chi connectivity index (χ1v) is 9.24. The van der Waals surface area contributed by atoms with Crippen molar-refractivity contribution in [1.29, 1.82) is 0 Å². The minimum absolute atomic E-state index is 0.195. The third-order valence-corrected chi connectivity index (χ3v) is 4.69. The van der Waals surface area contributed by atoms with Crippen molar-refractivity contribution in [2.75, 3.05) is 12.3 Å². The SMILES string of the molecule is Nc1nc(=O)n(-c2cccc(CCOc3ccccc3)c2)c2cc(Cl)ccc12. The molecule has 0 atom stereocenters. The number of rotatable bonds is 5. The number of halogens is 1. The zero-order valence-corrected chi connectivity index (χ0v) is 15.8. The molecule has 0 aliphatic carbocycles. The smallest absolute Gasteiger partial charge is 0.354 e. The van der Waals surface area contributed by atoms with E-state index < -0.39 is 5.69 Å². The predicted octanol–water partition coefficient (Wildman–Crippen LogP) is 4.24. The molecule has 4 aromatic rings. The molecule has 1 aromatic heterocycles. The third kappa shape index (κ3) is 3.70. The molecule has 3 aromatic carbocycles. The Morgan fingerprint density at radius 2 is 1.82 bits per heavy atom. The molecule has 0 spiro atoms. The van der Waals surface area contributed by atoms with Gasteiger partial charge in [0.1, 0.15) is 11.6 Å². The fraction of sp³-hybridized carbons (Fsp3) is 0.0909. The molecular weight excluding hydrogens is 374 g/mol. The number of ether oxygens (including phenoxy) is 1. The largest absolute Gasteiger partial charge is 0.493 e. The molecule has 4 rings (SSSR count). The van der Waals surface area contributed by atoms with E-state index in [0.717, 1.165) is 11.3 Å². The van der Waals surface area contributed by atoms with Crippen molar-refractivity contribution in [3.05, 3.63) is 93.9 Å². The van der Waals surface area contributed by atoms with Crippen LogP contribution < -0.4 is 16.2 Å². The summed E-state index contributed by atoms with van der Waals surface area (Å²) < 4.78 is 7.29. The Bertz CT molecular complexity index is 1190. The van der Waals surface area contributed by atoms with Crippen molar-refractivity contribution >= 4 is 28.3 Å². The van der Waals surface area contributed by atoms with Crippen LogP contribution in [0.15, 0.2) is 77.6 Å². The summed E-state index contributed by atoms with van der Waals surface area (Å²) >= 11 is 6.15. The summed E-state index contributed by atoms with van der Waals surface area (Å²) in [5.41, 5.74) is 7.87. The van der Waals surface area contributed by atoms with E-state index >= 15 is 0 Å². The molecule has 2 N–H and O–H groups in total. The van der Waals surface area contributed by atoms with Gasteiger partial charge in [-0.15, -0.1) is 0 Å². The van der Waals surface area contributed by atoms with Crippen molar-refractivity contribution in [3.63, 3.8) is 0 Å². The molecule has 1 heterocycles. The van der Waals surface area contributed by atoms with E-state index in [1.54, 1.807) is 18.2 Å². The van der Waals surface area contributed by atoms with Gasteiger partial charge >= 0.3 is 5.69 Å². The molecule has 0 fully saturated rings. The van der Waals surface area contributed by atoms with Crippen LogP contribution in [-0.2, 0) is 6.42 Å². The Balaban J connectivity index is 1.66. The van der Waals surface area contributed by atoms with Gasteiger partial charge in [-0.25, -0.2) is 4.79 Å². The lowest BCUT2D eigenvalue weighted by molar-refractivity contribution is 0.322. The van der Waals surface area contributed by atoms with Gasteiger partial charge in [0.2, 0.25) is 0 Å². The van der Waals surface area contributed by atoms with E-state index in [4.69, 9.17) is 22.1 Å². The first-order chi connectivity index (χ1) is 13.6. The van der Waals surface area contributed by atoms with Crippen molar-refractivity contribution in [2.45, 2.75) is 6.42 Å². The number of fused-ring (bicyclic) bond motifs is 1. The molecule has 5 nitrogen and oxygen atoms in total. The second-order valence-corrected chi connectivity index (χ2v) is 6.79. The van der Waals surface area contributed by atoms with Gasteiger partial charge in [-0.2, -0.15) is 4.98 Å². The number of anilines is 1.